The molecule has 1 fully saturated rings. The molecule has 5 nitrogen and oxygen atoms in total. The van der Waals surface area contributed by atoms with Crippen LogP contribution in [0.1, 0.15) is 36.0 Å². The number of nitrogens with zero attached hydrogens (tertiary/aromatic N) is 2. The molecule has 0 aliphatic heterocycles. The van der Waals surface area contributed by atoms with Gasteiger partial charge in [-0.3, -0.25) is 0 Å². The minimum atomic E-state index is 0.602. The lowest BCUT2D eigenvalue weighted by Gasteiger charge is -2.36. The topological polar surface area (TPSA) is 60.2 Å². The van der Waals surface area contributed by atoms with Crippen molar-refractivity contribution < 1.29 is 9.26 Å². The summed E-state index contributed by atoms with van der Waals surface area (Å²) >= 11 is 0. The number of benzene rings is 1. The number of aromatic nitrogens is 2. The summed E-state index contributed by atoms with van der Waals surface area (Å²) in [6, 6.07) is 9.01. The molecule has 2 aromatic rings. The highest BCUT2D eigenvalue weighted by Gasteiger charge is 2.29. The Bertz CT molecular complexity index is 573. The first kappa shape index (κ1) is 14.1. The van der Waals surface area contributed by atoms with E-state index in [4.69, 9.17) is 9.26 Å². The molecule has 1 aliphatic rings. The van der Waals surface area contributed by atoms with Gasteiger partial charge in [-0.05, 0) is 36.5 Å². The van der Waals surface area contributed by atoms with Gasteiger partial charge in [0.1, 0.15) is 5.75 Å². The molecule has 1 N–H and O–H groups in total. The molecule has 5 heteroatoms. The molecular formula is C16H21N3O2. The molecule has 21 heavy (non-hydrogen) atoms. The van der Waals surface area contributed by atoms with Crippen LogP contribution in [0.4, 0.5) is 0 Å². The number of ether oxygens (including phenoxy) is 1. The van der Waals surface area contributed by atoms with Crippen LogP contribution in [0.2, 0.25) is 0 Å². The highest BCUT2D eigenvalue weighted by atomic mass is 16.5. The van der Waals surface area contributed by atoms with Gasteiger partial charge < -0.3 is 14.6 Å². The fourth-order valence-corrected chi connectivity index (χ4v) is 2.76. The van der Waals surface area contributed by atoms with Crippen molar-refractivity contribution in [2.24, 2.45) is 0 Å². The van der Waals surface area contributed by atoms with Gasteiger partial charge >= 0.3 is 0 Å². The zero-order chi connectivity index (χ0) is 14.7. The van der Waals surface area contributed by atoms with Crippen molar-refractivity contribution >= 4 is 0 Å². The van der Waals surface area contributed by atoms with Gasteiger partial charge in [0.05, 0.1) is 7.11 Å². The number of hydrogen-bond donors (Lipinski definition) is 1. The van der Waals surface area contributed by atoms with Gasteiger partial charge in [0, 0.05) is 25.9 Å². The third-order valence-corrected chi connectivity index (χ3v) is 4.08. The maximum absolute atomic E-state index is 5.19. The molecule has 0 spiro atoms. The predicted octanol–water partition coefficient (Wildman–Crippen LogP) is 2.46. The molecule has 112 valence electrons. The van der Waals surface area contributed by atoms with Crippen molar-refractivity contribution in [2.75, 3.05) is 13.7 Å². The van der Waals surface area contributed by atoms with Crippen LogP contribution in [0.3, 0.4) is 0 Å². The predicted molar refractivity (Wildman–Crippen MR) is 79.5 cm³/mol. The first-order valence-corrected chi connectivity index (χ1v) is 7.41. The fraction of sp³-hybridized carbons (Fsp3) is 0.500. The van der Waals surface area contributed by atoms with E-state index in [0.29, 0.717) is 17.9 Å². The van der Waals surface area contributed by atoms with E-state index in [1.165, 1.54) is 18.4 Å². The Hall–Kier alpha value is -1.88. The monoisotopic (exact) mass is 287 g/mol. The van der Waals surface area contributed by atoms with Crippen molar-refractivity contribution in [3.05, 3.63) is 41.5 Å². The second kappa shape index (κ2) is 6.26. The Balaban J connectivity index is 1.39. The first-order valence-electron chi connectivity index (χ1n) is 7.41. The summed E-state index contributed by atoms with van der Waals surface area (Å²) in [5.41, 5.74) is 1.41. The zero-order valence-electron chi connectivity index (χ0n) is 12.5. The van der Waals surface area contributed by atoms with Gasteiger partial charge in [0.15, 0.2) is 5.82 Å². The second-order valence-corrected chi connectivity index (χ2v) is 5.57. The lowest BCUT2D eigenvalue weighted by atomic mass is 9.76. The van der Waals surface area contributed by atoms with Crippen LogP contribution in [-0.4, -0.2) is 29.8 Å². The Morgan fingerprint density at radius 2 is 2.05 bits per heavy atom. The highest BCUT2D eigenvalue weighted by molar-refractivity contribution is 5.30. The highest BCUT2D eigenvalue weighted by Crippen LogP contribution is 2.37. The number of methoxy groups -OCH3 is 1. The third kappa shape index (κ3) is 3.42. The Morgan fingerprint density at radius 3 is 2.67 bits per heavy atom. The van der Waals surface area contributed by atoms with Crippen molar-refractivity contribution in [1.82, 2.24) is 15.5 Å². The van der Waals surface area contributed by atoms with E-state index in [2.05, 4.69) is 27.6 Å². The number of aryl methyl sites for hydroxylation is 1. The summed E-state index contributed by atoms with van der Waals surface area (Å²) in [6.45, 7) is 2.72. The number of hydrogen-bond acceptors (Lipinski definition) is 5. The average molecular weight is 287 g/mol. The second-order valence-electron chi connectivity index (χ2n) is 5.57. The quantitative estimate of drug-likeness (QED) is 0.884. The largest absolute Gasteiger partial charge is 0.497 e. The molecule has 1 heterocycles. The molecule has 0 bridgehead atoms. The average Bonchev–Trinajstić information content (AvgIpc) is 2.87. The smallest absolute Gasteiger partial charge is 0.223 e. The van der Waals surface area contributed by atoms with Crippen molar-refractivity contribution in [3.8, 4) is 5.75 Å². The summed E-state index contributed by atoms with van der Waals surface area (Å²) in [5.74, 6) is 3.00. The van der Waals surface area contributed by atoms with E-state index in [0.717, 1.165) is 24.5 Å². The first-order chi connectivity index (χ1) is 10.2. The van der Waals surface area contributed by atoms with Gasteiger partial charge in [-0.2, -0.15) is 4.98 Å². The SMILES string of the molecule is COc1ccc(C2CC(NCCc3noc(C)n3)C2)cc1. The maximum Gasteiger partial charge on any atom is 0.223 e. The van der Waals surface area contributed by atoms with Gasteiger partial charge in [-0.15, -0.1) is 0 Å². The molecule has 1 aromatic heterocycles. The summed E-state index contributed by atoms with van der Waals surface area (Å²) in [6.07, 6.45) is 3.20. The molecule has 0 atom stereocenters. The van der Waals surface area contributed by atoms with Gasteiger partial charge in [-0.25, -0.2) is 0 Å². The van der Waals surface area contributed by atoms with Crippen LogP contribution in [-0.2, 0) is 6.42 Å². The molecule has 1 aliphatic carbocycles. The molecule has 0 radical (unpaired) electrons. The molecule has 0 saturated heterocycles. The lowest BCUT2D eigenvalue weighted by molar-refractivity contribution is 0.291. The van der Waals surface area contributed by atoms with Crippen LogP contribution in [0.5, 0.6) is 5.75 Å². The van der Waals surface area contributed by atoms with Crippen LogP contribution in [0.25, 0.3) is 0 Å². The van der Waals surface area contributed by atoms with Crippen LogP contribution in [0.15, 0.2) is 28.8 Å². The Kier molecular flexibility index (Phi) is 4.20. The summed E-state index contributed by atoms with van der Waals surface area (Å²) < 4.78 is 10.1. The lowest BCUT2D eigenvalue weighted by Crippen LogP contribution is -2.41. The van der Waals surface area contributed by atoms with E-state index < -0.39 is 0 Å². The minimum absolute atomic E-state index is 0.602. The Labute approximate surface area is 124 Å². The van der Waals surface area contributed by atoms with Crippen molar-refractivity contribution in [1.29, 1.82) is 0 Å². The van der Waals surface area contributed by atoms with E-state index >= 15 is 0 Å². The van der Waals surface area contributed by atoms with E-state index in [1.54, 1.807) is 7.11 Å². The van der Waals surface area contributed by atoms with Crippen molar-refractivity contribution in [2.45, 2.75) is 38.1 Å². The van der Waals surface area contributed by atoms with E-state index in [9.17, 15) is 0 Å². The fourth-order valence-electron chi connectivity index (χ4n) is 2.76. The minimum Gasteiger partial charge on any atom is -0.497 e. The molecule has 0 amide bonds. The van der Waals surface area contributed by atoms with Crippen LogP contribution in [0, 0.1) is 6.92 Å². The van der Waals surface area contributed by atoms with Crippen molar-refractivity contribution in [3.63, 3.8) is 0 Å². The molecule has 3 rings (SSSR count). The summed E-state index contributed by atoms with van der Waals surface area (Å²) in [7, 11) is 1.70. The standard InChI is InChI=1S/C16H21N3O2/c1-11-18-16(19-21-11)7-8-17-14-9-13(10-14)12-3-5-15(20-2)6-4-12/h3-6,13-14,17H,7-10H2,1-2H3. The van der Waals surface area contributed by atoms with Crippen LogP contribution < -0.4 is 10.1 Å². The van der Waals surface area contributed by atoms with E-state index in [-0.39, 0.29) is 0 Å². The summed E-state index contributed by atoms with van der Waals surface area (Å²) in [4.78, 5) is 4.20. The normalized spacial score (nSPS) is 21.0. The number of rotatable bonds is 6. The maximum atomic E-state index is 5.19. The molecule has 1 aromatic carbocycles. The molecule has 0 unspecified atom stereocenters. The number of nitrogens with one attached hydrogen (secondary N) is 1. The van der Waals surface area contributed by atoms with Gasteiger partial charge in [-0.1, -0.05) is 17.3 Å². The van der Waals surface area contributed by atoms with Crippen LogP contribution >= 0.6 is 0 Å². The van der Waals surface area contributed by atoms with E-state index in [1.807, 2.05) is 19.1 Å². The summed E-state index contributed by atoms with van der Waals surface area (Å²) in [5, 5.41) is 7.45. The molecule has 1 saturated carbocycles. The third-order valence-electron chi connectivity index (χ3n) is 4.08. The van der Waals surface area contributed by atoms with Gasteiger partial charge in [0.25, 0.3) is 0 Å². The Morgan fingerprint density at radius 1 is 1.29 bits per heavy atom. The molecular weight excluding hydrogens is 266 g/mol. The van der Waals surface area contributed by atoms with Gasteiger partial charge in [0.2, 0.25) is 5.89 Å². The zero-order valence-corrected chi connectivity index (χ0v) is 12.5.